The summed E-state index contributed by atoms with van der Waals surface area (Å²) in [6.45, 7) is 1.97. The van der Waals surface area contributed by atoms with E-state index >= 15 is 0 Å². The lowest BCUT2D eigenvalue weighted by molar-refractivity contribution is 0.0939. The van der Waals surface area contributed by atoms with Crippen LogP contribution in [0.5, 0.6) is 0 Å². The van der Waals surface area contributed by atoms with Crippen LogP contribution in [0.15, 0.2) is 12.3 Å². The second-order valence-corrected chi connectivity index (χ2v) is 4.07. The number of hydrogen-bond donors (Lipinski definition) is 1. The normalized spacial score (nSPS) is 10.8. The van der Waals surface area contributed by atoms with E-state index in [-0.39, 0.29) is 5.91 Å². The Hall–Kier alpha value is -1.40. The summed E-state index contributed by atoms with van der Waals surface area (Å²) in [5, 5.41) is 6.91. The van der Waals surface area contributed by atoms with Crippen LogP contribution in [0, 0.1) is 0 Å². The van der Waals surface area contributed by atoms with Gasteiger partial charge in [-0.05, 0) is 33.1 Å². The summed E-state index contributed by atoms with van der Waals surface area (Å²) in [6.07, 6.45) is 2.65. The van der Waals surface area contributed by atoms with Gasteiger partial charge in [-0.25, -0.2) is 4.68 Å². The molecule has 1 aromatic rings. The van der Waals surface area contributed by atoms with Crippen LogP contribution >= 0.6 is 0 Å². The zero-order valence-corrected chi connectivity index (χ0v) is 10.6. The van der Waals surface area contributed by atoms with Crippen LogP contribution < -0.4 is 5.32 Å². The molecule has 0 aliphatic rings. The fourth-order valence-corrected chi connectivity index (χ4v) is 1.37. The minimum atomic E-state index is -0.140. The average molecular weight is 240 g/mol. The van der Waals surface area contributed by atoms with Gasteiger partial charge in [-0.1, -0.05) is 0 Å². The van der Waals surface area contributed by atoms with Crippen molar-refractivity contribution < 1.29 is 9.53 Å². The number of carbonyl (C=O) groups excluding carboxylic acids is 1. The largest absolute Gasteiger partial charge is 0.362 e. The number of ether oxygens (including phenoxy) is 1. The Morgan fingerprint density at radius 3 is 3.00 bits per heavy atom. The molecule has 1 amide bonds. The van der Waals surface area contributed by atoms with Crippen LogP contribution in [0.4, 0.5) is 0 Å². The van der Waals surface area contributed by atoms with Gasteiger partial charge in [0.25, 0.3) is 5.91 Å². The zero-order valence-electron chi connectivity index (χ0n) is 10.6. The highest BCUT2D eigenvalue weighted by atomic mass is 16.5. The molecule has 1 N–H and O–H groups in total. The van der Waals surface area contributed by atoms with E-state index in [9.17, 15) is 4.79 Å². The quantitative estimate of drug-likeness (QED) is 0.690. The molecule has 1 aromatic heterocycles. The molecule has 0 aliphatic heterocycles. The van der Waals surface area contributed by atoms with E-state index in [1.807, 2.05) is 14.1 Å². The van der Waals surface area contributed by atoms with Crippen molar-refractivity contribution in [3.8, 4) is 0 Å². The number of methoxy groups -OCH3 is 1. The third kappa shape index (κ3) is 4.97. The molecule has 6 heteroatoms. The van der Waals surface area contributed by atoms with Crippen LogP contribution in [0.1, 0.15) is 16.9 Å². The number of carbonyl (C=O) groups is 1. The van der Waals surface area contributed by atoms with E-state index in [4.69, 9.17) is 4.74 Å². The van der Waals surface area contributed by atoms with Gasteiger partial charge < -0.3 is 15.0 Å². The lowest BCUT2D eigenvalue weighted by Gasteiger charge is -2.09. The van der Waals surface area contributed by atoms with Crippen LogP contribution in [-0.4, -0.2) is 54.9 Å². The third-order valence-corrected chi connectivity index (χ3v) is 2.20. The standard InChI is InChI=1S/C11H20N4O2/c1-14(2)7-4-6-12-11(16)10-5-8-15(13-10)9-17-3/h5,8H,4,6-7,9H2,1-3H3,(H,12,16). The second kappa shape index (κ2) is 7.03. The summed E-state index contributed by atoms with van der Waals surface area (Å²) >= 11 is 0. The minimum absolute atomic E-state index is 0.140. The Kier molecular flexibility index (Phi) is 5.65. The van der Waals surface area contributed by atoms with E-state index in [2.05, 4.69) is 15.3 Å². The van der Waals surface area contributed by atoms with Gasteiger partial charge >= 0.3 is 0 Å². The van der Waals surface area contributed by atoms with Crippen LogP contribution in [-0.2, 0) is 11.5 Å². The predicted molar refractivity (Wildman–Crippen MR) is 64.7 cm³/mol. The van der Waals surface area contributed by atoms with E-state index in [0.29, 0.717) is 19.0 Å². The molecular formula is C11H20N4O2. The molecule has 0 bridgehead atoms. The summed E-state index contributed by atoms with van der Waals surface area (Å²) in [7, 11) is 5.60. The first-order valence-electron chi connectivity index (χ1n) is 5.59. The van der Waals surface area contributed by atoms with Crippen molar-refractivity contribution in [1.82, 2.24) is 20.0 Å². The van der Waals surface area contributed by atoms with Crippen LogP contribution in [0.25, 0.3) is 0 Å². The van der Waals surface area contributed by atoms with Crippen molar-refractivity contribution in [2.75, 3.05) is 34.3 Å². The maximum absolute atomic E-state index is 11.7. The molecule has 1 heterocycles. The van der Waals surface area contributed by atoms with Gasteiger partial charge in [-0.2, -0.15) is 5.10 Å². The molecule has 6 nitrogen and oxygen atoms in total. The Morgan fingerprint density at radius 1 is 1.59 bits per heavy atom. The lowest BCUT2D eigenvalue weighted by Crippen LogP contribution is -2.27. The molecule has 0 aromatic carbocycles. The molecule has 0 unspecified atom stereocenters. The van der Waals surface area contributed by atoms with Crippen LogP contribution in [0.2, 0.25) is 0 Å². The highest BCUT2D eigenvalue weighted by Crippen LogP contribution is 1.96. The summed E-state index contributed by atoms with van der Waals surface area (Å²) in [5.74, 6) is -0.140. The zero-order chi connectivity index (χ0) is 12.7. The van der Waals surface area contributed by atoms with Gasteiger partial charge in [0.1, 0.15) is 12.4 Å². The second-order valence-electron chi connectivity index (χ2n) is 4.07. The van der Waals surface area contributed by atoms with Crippen molar-refractivity contribution in [3.05, 3.63) is 18.0 Å². The van der Waals surface area contributed by atoms with E-state index in [0.717, 1.165) is 13.0 Å². The molecule has 0 aliphatic carbocycles. The summed E-state index contributed by atoms with van der Waals surface area (Å²) in [4.78, 5) is 13.7. The third-order valence-electron chi connectivity index (χ3n) is 2.20. The van der Waals surface area contributed by atoms with Crippen LogP contribution in [0.3, 0.4) is 0 Å². The van der Waals surface area contributed by atoms with Gasteiger partial charge in [0.05, 0.1) is 0 Å². The van der Waals surface area contributed by atoms with E-state index in [1.54, 1.807) is 24.1 Å². The van der Waals surface area contributed by atoms with E-state index in [1.165, 1.54) is 0 Å². The van der Waals surface area contributed by atoms with E-state index < -0.39 is 0 Å². The van der Waals surface area contributed by atoms with Gasteiger partial charge in [-0.15, -0.1) is 0 Å². The Labute approximate surface area is 102 Å². The van der Waals surface area contributed by atoms with Gasteiger partial charge in [0.2, 0.25) is 0 Å². The Balaban J connectivity index is 2.31. The van der Waals surface area contributed by atoms with Crippen molar-refractivity contribution in [1.29, 1.82) is 0 Å². The molecule has 17 heavy (non-hydrogen) atoms. The topological polar surface area (TPSA) is 59.4 Å². The van der Waals surface area contributed by atoms with Crippen molar-refractivity contribution in [3.63, 3.8) is 0 Å². The predicted octanol–water partition coefficient (Wildman–Crippen LogP) is 0.169. The molecular weight excluding hydrogens is 220 g/mol. The first-order chi connectivity index (χ1) is 8.13. The molecule has 0 saturated heterocycles. The molecule has 96 valence electrons. The van der Waals surface area contributed by atoms with Crippen molar-refractivity contribution in [2.24, 2.45) is 0 Å². The number of aromatic nitrogens is 2. The number of hydrogen-bond acceptors (Lipinski definition) is 4. The first kappa shape index (κ1) is 13.7. The summed E-state index contributed by atoms with van der Waals surface area (Å²) < 4.78 is 6.49. The fraction of sp³-hybridized carbons (Fsp3) is 0.636. The SMILES string of the molecule is COCn1ccc(C(=O)NCCCN(C)C)n1. The minimum Gasteiger partial charge on any atom is -0.362 e. The number of rotatable bonds is 7. The van der Waals surface area contributed by atoms with Gasteiger partial charge in [0, 0.05) is 19.9 Å². The summed E-state index contributed by atoms with van der Waals surface area (Å²) in [5.41, 5.74) is 0.423. The molecule has 0 saturated carbocycles. The molecule has 0 spiro atoms. The Morgan fingerprint density at radius 2 is 2.35 bits per heavy atom. The highest BCUT2D eigenvalue weighted by molar-refractivity contribution is 5.92. The number of nitrogens with zero attached hydrogens (tertiary/aromatic N) is 3. The Bertz CT molecular complexity index is 349. The number of nitrogens with one attached hydrogen (secondary N) is 1. The monoisotopic (exact) mass is 240 g/mol. The van der Waals surface area contributed by atoms with Gasteiger partial charge in [-0.3, -0.25) is 4.79 Å². The maximum atomic E-state index is 11.7. The number of amides is 1. The average Bonchev–Trinajstić information content (AvgIpc) is 2.73. The summed E-state index contributed by atoms with van der Waals surface area (Å²) in [6, 6.07) is 1.68. The molecule has 0 fully saturated rings. The smallest absolute Gasteiger partial charge is 0.271 e. The van der Waals surface area contributed by atoms with Crippen molar-refractivity contribution >= 4 is 5.91 Å². The lowest BCUT2D eigenvalue weighted by atomic mass is 10.3. The van der Waals surface area contributed by atoms with Gasteiger partial charge in [0.15, 0.2) is 0 Å². The highest BCUT2D eigenvalue weighted by Gasteiger charge is 2.08. The molecule has 0 atom stereocenters. The molecule has 1 rings (SSSR count). The maximum Gasteiger partial charge on any atom is 0.271 e. The fourth-order valence-electron chi connectivity index (χ4n) is 1.37. The van der Waals surface area contributed by atoms with Crippen molar-refractivity contribution in [2.45, 2.75) is 13.2 Å². The molecule has 0 radical (unpaired) electrons. The first-order valence-corrected chi connectivity index (χ1v) is 5.59.